The predicted molar refractivity (Wildman–Crippen MR) is 57.0 cm³/mol. The van der Waals surface area contributed by atoms with Crippen LogP contribution in [-0.4, -0.2) is 28.7 Å². The number of nitrogens with two attached hydrogens (primary N) is 1. The summed E-state index contributed by atoms with van der Waals surface area (Å²) < 4.78 is 10.6. The maximum absolute atomic E-state index is 10.6. The highest BCUT2D eigenvalue weighted by Gasteiger charge is 2.23. The molecule has 0 amide bonds. The molecule has 1 atom stereocenters. The summed E-state index contributed by atoms with van der Waals surface area (Å²) in [6, 6.07) is 0. The molecule has 0 rings (SSSR count). The Morgan fingerprint density at radius 1 is 1.36 bits per heavy atom. The summed E-state index contributed by atoms with van der Waals surface area (Å²) in [6.07, 6.45) is 4.56. The second-order valence-corrected chi connectivity index (χ2v) is 5.26. The number of unbranched alkanes of at least 4 members (excludes halogenated alkanes) is 3. The molecule has 0 bridgehead atoms. The zero-order chi connectivity index (χ0) is 11.0. The first-order valence-corrected chi connectivity index (χ1v) is 6.68. The van der Waals surface area contributed by atoms with Gasteiger partial charge in [-0.3, -0.25) is 4.57 Å². The fourth-order valence-corrected chi connectivity index (χ4v) is 1.41. The van der Waals surface area contributed by atoms with E-state index in [1.807, 2.05) is 0 Å². The molecule has 14 heavy (non-hydrogen) atoms. The molecule has 5 N–H and O–H groups in total. The Kier molecular flexibility index (Phi) is 7.41. The van der Waals surface area contributed by atoms with Crippen LogP contribution in [0, 0.1) is 0 Å². The Labute approximate surface area is 85.2 Å². The van der Waals surface area contributed by atoms with Crippen molar-refractivity contribution in [1.82, 2.24) is 5.32 Å². The maximum atomic E-state index is 10.6. The second kappa shape index (κ2) is 7.37. The van der Waals surface area contributed by atoms with Gasteiger partial charge in [0.15, 0.2) is 0 Å². The van der Waals surface area contributed by atoms with E-state index in [0.717, 1.165) is 19.4 Å². The van der Waals surface area contributed by atoms with Crippen molar-refractivity contribution in [3.63, 3.8) is 0 Å². The van der Waals surface area contributed by atoms with E-state index in [1.165, 1.54) is 12.8 Å². The predicted octanol–water partition coefficient (Wildman–Crippen LogP) is 0.619. The molecule has 0 aromatic heterocycles. The van der Waals surface area contributed by atoms with E-state index in [2.05, 4.69) is 12.2 Å². The summed E-state index contributed by atoms with van der Waals surface area (Å²) in [4.78, 5) is 17.3. The van der Waals surface area contributed by atoms with Gasteiger partial charge in [-0.2, -0.15) is 0 Å². The van der Waals surface area contributed by atoms with Crippen LogP contribution in [0.3, 0.4) is 0 Å². The molecule has 0 heterocycles. The van der Waals surface area contributed by atoms with Crippen molar-refractivity contribution < 1.29 is 14.4 Å². The Bertz CT molecular complexity index is 183. The summed E-state index contributed by atoms with van der Waals surface area (Å²) >= 11 is 0. The minimum absolute atomic E-state index is 0.177. The van der Waals surface area contributed by atoms with Crippen molar-refractivity contribution in [2.45, 2.75) is 38.4 Å². The number of hydrogen-bond acceptors (Lipinski definition) is 3. The van der Waals surface area contributed by atoms with Gasteiger partial charge in [0.25, 0.3) is 0 Å². The van der Waals surface area contributed by atoms with Crippen LogP contribution in [0.15, 0.2) is 0 Å². The Morgan fingerprint density at radius 3 is 2.50 bits per heavy atom. The van der Waals surface area contributed by atoms with Gasteiger partial charge in [-0.1, -0.05) is 26.2 Å². The van der Waals surface area contributed by atoms with Crippen LogP contribution in [0.2, 0.25) is 0 Å². The van der Waals surface area contributed by atoms with Gasteiger partial charge in [0.1, 0.15) is 5.78 Å². The molecule has 5 nitrogen and oxygen atoms in total. The van der Waals surface area contributed by atoms with Crippen molar-refractivity contribution in [1.29, 1.82) is 0 Å². The van der Waals surface area contributed by atoms with E-state index in [0.29, 0.717) is 0 Å². The zero-order valence-electron chi connectivity index (χ0n) is 8.65. The normalized spacial score (nSPS) is 14.3. The second-order valence-electron chi connectivity index (χ2n) is 3.42. The monoisotopic (exact) mass is 224 g/mol. The first-order valence-electron chi connectivity index (χ1n) is 5.00. The van der Waals surface area contributed by atoms with E-state index in [-0.39, 0.29) is 6.54 Å². The van der Waals surface area contributed by atoms with Crippen LogP contribution in [0.5, 0.6) is 0 Å². The molecule has 0 aromatic carbocycles. The summed E-state index contributed by atoms with van der Waals surface area (Å²) in [7, 11) is -4.10. The van der Waals surface area contributed by atoms with Gasteiger partial charge in [0, 0.05) is 6.54 Å². The van der Waals surface area contributed by atoms with Gasteiger partial charge in [-0.25, -0.2) is 0 Å². The highest BCUT2D eigenvalue weighted by Crippen LogP contribution is 2.37. The average Bonchev–Trinajstić information content (AvgIpc) is 2.09. The van der Waals surface area contributed by atoms with Crippen LogP contribution in [-0.2, 0) is 4.57 Å². The minimum Gasteiger partial charge on any atom is -0.323 e. The third kappa shape index (κ3) is 7.47. The van der Waals surface area contributed by atoms with Gasteiger partial charge >= 0.3 is 7.60 Å². The lowest BCUT2D eigenvalue weighted by Crippen LogP contribution is -2.34. The molecule has 0 fully saturated rings. The summed E-state index contributed by atoms with van der Waals surface area (Å²) in [6.45, 7) is 3.08. The molecule has 0 unspecified atom stereocenters. The fraction of sp³-hybridized carbons (Fsp3) is 1.00. The molecule has 86 valence electrons. The lowest BCUT2D eigenvalue weighted by Gasteiger charge is -2.13. The lowest BCUT2D eigenvalue weighted by atomic mass is 10.2. The van der Waals surface area contributed by atoms with E-state index in [9.17, 15) is 4.57 Å². The zero-order valence-corrected chi connectivity index (χ0v) is 9.54. The third-order valence-electron chi connectivity index (χ3n) is 1.99. The molecule has 0 aromatic rings. The highest BCUT2D eigenvalue weighted by molar-refractivity contribution is 7.52. The molecule has 0 spiro atoms. The quantitative estimate of drug-likeness (QED) is 0.358. The van der Waals surface area contributed by atoms with Crippen molar-refractivity contribution in [3.8, 4) is 0 Å². The molecule has 0 saturated carbocycles. The van der Waals surface area contributed by atoms with Crippen LogP contribution in [0.1, 0.15) is 32.6 Å². The van der Waals surface area contributed by atoms with Gasteiger partial charge in [0.05, 0.1) is 0 Å². The van der Waals surface area contributed by atoms with Gasteiger partial charge < -0.3 is 20.8 Å². The summed E-state index contributed by atoms with van der Waals surface area (Å²) in [5.41, 5.74) is 5.27. The number of rotatable bonds is 8. The first kappa shape index (κ1) is 14.1. The largest absolute Gasteiger partial charge is 0.343 e. The van der Waals surface area contributed by atoms with Crippen molar-refractivity contribution in [2.75, 3.05) is 13.1 Å². The maximum Gasteiger partial charge on any atom is 0.343 e. The van der Waals surface area contributed by atoms with E-state index < -0.39 is 13.4 Å². The Morgan fingerprint density at radius 2 is 2.00 bits per heavy atom. The van der Waals surface area contributed by atoms with E-state index in [4.69, 9.17) is 15.5 Å². The first-order chi connectivity index (χ1) is 6.48. The molecule has 0 aliphatic carbocycles. The van der Waals surface area contributed by atoms with Gasteiger partial charge in [-0.05, 0) is 13.0 Å². The van der Waals surface area contributed by atoms with Crippen LogP contribution in [0.4, 0.5) is 0 Å². The number of nitrogens with one attached hydrogen (secondary N) is 1. The average molecular weight is 224 g/mol. The third-order valence-corrected chi connectivity index (χ3v) is 3.04. The molecular weight excluding hydrogens is 203 g/mol. The lowest BCUT2D eigenvalue weighted by molar-refractivity contribution is 0.355. The van der Waals surface area contributed by atoms with Crippen molar-refractivity contribution in [3.05, 3.63) is 0 Å². The summed E-state index contributed by atoms with van der Waals surface area (Å²) in [5, 5.41) is 2.93. The fourth-order valence-electron chi connectivity index (χ4n) is 1.05. The van der Waals surface area contributed by atoms with Crippen LogP contribution >= 0.6 is 7.60 Å². The van der Waals surface area contributed by atoms with Crippen LogP contribution in [0.25, 0.3) is 0 Å². The highest BCUT2D eigenvalue weighted by atomic mass is 31.2. The van der Waals surface area contributed by atoms with Gasteiger partial charge in [-0.15, -0.1) is 0 Å². The Hall–Kier alpha value is 0.0700. The molecule has 0 aliphatic heterocycles. The Balaban J connectivity index is 3.32. The standard InChI is InChI=1S/C8H21N2O3P/c1-2-3-4-5-6-10-7-8(9)14(11,12)13/h8,10H,2-7,9H2,1H3,(H2,11,12,13)/t8-/m0/s1. The van der Waals surface area contributed by atoms with Gasteiger partial charge in [0.2, 0.25) is 0 Å². The molecule has 6 heteroatoms. The molecule has 0 radical (unpaired) electrons. The van der Waals surface area contributed by atoms with E-state index in [1.54, 1.807) is 0 Å². The molecule has 0 saturated heterocycles. The smallest absolute Gasteiger partial charge is 0.323 e. The molecule has 0 aliphatic rings. The van der Waals surface area contributed by atoms with E-state index >= 15 is 0 Å². The SMILES string of the molecule is CCCCCCNC[C@@H](N)P(=O)(O)O. The van der Waals surface area contributed by atoms with Crippen molar-refractivity contribution >= 4 is 7.60 Å². The van der Waals surface area contributed by atoms with Crippen molar-refractivity contribution in [2.24, 2.45) is 5.73 Å². The summed E-state index contributed by atoms with van der Waals surface area (Å²) in [5.74, 6) is -1.08. The topological polar surface area (TPSA) is 95.6 Å². The molecular formula is C8H21N2O3P. The number of hydrogen-bond donors (Lipinski definition) is 4. The van der Waals surface area contributed by atoms with Crippen LogP contribution < -0.4 is 11.1 Å². The minimum atomic E-state index is -4.10.